The predicted octanol–water partition coefficient (Wildman–Crippen LogP) is 5.62. The van der Waals surface area contributed by atoms with Crippen LogP contribution in [0, 0.1) is 26.8 Å². The molecule has 0 spiro atoms. The van der Waals surface area contributed by atoms with Crippen molar-refractivity contribution < 1.29 is 24.5 Å². The standard InChI is InChI=1S/C22H17N2O.Ir/c1-13-7-6-8-14(2)20(13)19-12-23-21-17-10-5-4-9-16(17)18-11-15(3)25-22(18)24(19)21;/h4-9,11-12H,1-3H3;/q-1;. The molecule has 0 amide bonds. The summed E-state index contributed by atoms with van der Waals surface area (Å²) in [6, 6.07) is 17.9. The molecule has 3 aromatic heterocycles. The zero-order chi connectivity index (χ0) is 17.1. The van der Waals surface area contributed by atoms with Gasteiger partial charge in [-0.25, -0.2) is 0 Å². The largest absolute Gasteiger partial charge is 0.446 e. The minimum Gasteiger partial charge on any atom is -0.446 e. The number of fused-ring (bicyclic) bond motifs is 6. The van der Waals surface area contributed by atoms with Crippen LogP contribution >= 0.6 is 0 Å². The number of hydrogen-bond acceptors (Lipinski definition) is 2. The molecule has 0 N–H and O–H groups in total. The molecule has 0 unspecified atom stereocenters. The fourth-order valence-corrected chi connectivity index (χ4v) is 3.84. The van der Waals surface area contributed by atoms with E-state index in [1.807, 2.05) is 25.3 Å². The molecule has 5 aromatic rings. The molecular formula is C22H17IrN2O-. The molecule has 0 saturated carbocycles. The second-order valence-corrected chi connectivity index (χ2v) is 6.60. The summed E-state index contributed by atoms with van der Waals surface area (Å²) in [7, 11) is 0. The zero-order valence-electron chi connectivity index (χ0n) is 14.8. The summed E-state index contributed by atoms with van der Waals surface area (Å²) in [4.78, 5) is 4.74. The van der Waals surface area contributed by atoms with Crippen LogP contribution in [0.5, 0.6) is 0 Å². The monoisotopic (exact) mass is 518 g/mol. The molecule has 0 aliphatic rings. The smallest absolute Gasteiger partial charge is 0.195 e. The summed E-state index contributed by atoms with van der Waals surface area (Å²) in [6.45, 7) is 6.26. The molecular weight excluding hydrogens is 500 g/mol. The van der Waals surface area contributed by atoms with Gasteiger partial charge < -0.3 is 8.82 Å². The van der Waals surface area contributed by atoms with E-state index >= 15 is 0 Å². The Morgan fingerprint density at radius 2 is 1.77 bits per heavy atom. The molecule has 3 heterocycles. The normalized spacial score (nSPS) is 11.3. The van der Waals surface area contributed by atoms with Gasteiger partial charge in [0.25, 0.3) is 0 Å². The quantitative estimate of drug-likeness (QED) is 0.270. The summed E-state index contributed by atoms with van der Waals surface area (Å²) < 4.78 is 8.23. The number of benzene rings is 2. The van der Waals surface area contributed by atoms with Gasteiger partial charge in [-0.05, 0) is 38.0 Å². The molecule has 26 heavy (non-hydrogen) atoms. The Morgan fingerprint density at radius 3 is 2.54 bits per heavy atom. The fourth-order valence-electron chi connectivity index (χ4n) is 3.84. The van der Waals surface area contributed by atoms with Gasteiger partial charge in [-0.15, -0.1) is 24.3 Å². The van der Waals surface area contributed by atoms with E-state index in [9.17, 15) is 0 Å². The number of rotatable bonds is 1. The van der Waals surface area contributed by atoms with E-state index in [1.165, 1.54) is 16.7 Å². The third-order valence-electron chi connectivity index (χ3n) is 4.91. The molecule has 131 valence electrons. The topological polar surface area (TPSA) is 30.4 Å². The SMILES string of the molecule is Cc1cc2c3ccc[c-]c3c3ncc(-c4c(C)cccc4C)n3c2o1.[Ir]. The molecule has 5 rings (SSSR count). The zero-order valence-corrected chi connectivity index (χ0v) is 17.1. The van der Waals surface area contributed by atoms with Crippen LogP contribution in [0.4, 0.5) is 0 Å². The number of pyridine rings is 1. The molecule has 2 aromatic carbocycles. The Kier molecular flexibility index (Phi) is 3.98. The van der Waals surface area contributed by atoms with Gasteiger partial charge in [-0.3, -0.25) is 4.98 Å². The summed E-state index contributed by atoms with van der Waals surface area (Å²) >= 11 is 0. The van der Waals surface area contributed by atoms with E-state index in [-0.39, 0.29) is 20.1 Å². The Bertz CT molecular complexity index is 1260. The van der Waals surface area contributed by atoms with Crippen molar-refractivity contribution >= 4 is 27.5 Å². The van der Waals surface area contributed by atoms with Gasteiger partial charge in [-0.2, -0.15) is 0 Å². The van der Waals surface area contributed by atoms with Gasteiger partial charge in [0.15, 0.2) is 5.71 Å². The van der Waals surface area contributed by atoms with E-state index in [4.69, 9.17) is 9.40 Å². The number of aromatic nitrogens is 2. The van der Waals surface area contributed by atoms with Gasteiger partial charge in [-0.1, -0.05) is 29.0 Å². The van der Waals surface area contributed by atoms with Crippen molar-refractivity contribution in [2.24, 2.45) is 0 Å². The van der Waals surface area contributed by atoms with Crippen molar-refractivity contribution in [2.75, 3.05) is 0 Å². The third kappa shape index (κ3) is 2.26. The van der Waals surface area contributed by atoms with Gasteiger partial charge in [0, 0.05) is 37.3 Å². The number of aryl methyl sites for hydroxylation is 3. The van der Waals surface area contributed by atoms with Gasteiger partial charge in [0.1, 0.15) is 5.76 Å². The summed E-state index contributed by atoms with van der Waals surface area (Å²) in [5, 5.41) is 3.25. The van der Waals surface area contributed by atoms with E-state index in [0.717, 1.165) is 39.0 Å². The van der Waals surface area contributed by atoms with Crippen LogP contribution in [0.25, 0.3) is 38.8 Å². The van der Waals surface area contributed by atoms with E-state index in [2.05, 4.69) is 54.6 Å². The van der Waals surface area contributed by atoms with Crippen molar-refractivity contribution in [1.29, 1.82) is 0 Å². The Balaban J connectivity index is 0.00000168. The van der Waals surface area contributed by atoms with Crippen LogP contribution in [-0.4, -0.2) is 9.38 Å². The van der Waals surface area contributed by atoms with Gasteiger partial charge in [0.2, 0.25) is 0 Å². The average molecular weight is 518 g/mol. The number of furan rings is 1. The van der Waals surface area contributed by atoms with Crippen LogP contribution < -0.4 is 0 Å². The first-order chi connectivity index (χ1) is 12.1. The van der Waals surface area contributed by atoms with Crippen LogP contribution in [0.3, 0.4) is 0 Å². The Morgan fingerprint density at radius 1 is 1.00 bits per heavy atom. The van der Waals surface area contributed by atoms with Crippen LogP contribution in [-0.2, 0) is 20.1 Å². The first kappa shape index (κ1) is 17.0. The molecule has 0 aliphatic carbocycles. The van der Waals surface area contributed by atoms with Gasteiger partial charge in [0.05, 0.1) is 11.3 Å². The van der Waals surface area contributed by atoms with Crippen LogP contribution in [0.1, 0.15) is 16.9 Å². The molecule has 0 fully saturated rings. The Labute approximate surface area is 165 Å². The maximum Gasteiger partial charge on any atom is 0.195 e. The first-order valence-corrected chi connectivity index (χ1v) is 8.41. The molecule has 0 saturated heterocycles. The number of hydrogen-bond donors (Lipinski definition) is 0. The van der Waals surface area contributed by atoms with E-state index in [0.29, 0.717) is 0 Å². The molecule has 0 bridgehead atoms. The van der Waals surface area contributed by atoms with Crippen molar-refractivity contribution in [2.45, 2.75) is 20.8 Å². The summed E-state index contributed by atoms with van der Waals surface area (Å²) in [5.41, 5.74) is 6.46. The third-order valence-corrected chi connectivity index (χ3v) is 4.91. The van der Waals surface area contributed by atoms with E-state index in [1.54, 1.807) is 0 Å². The Hall–Kier alpha value is -2.42. The maximum atomic E-state index is 6.10. The van der Waals surface area contributed by atoms with Crippen molar-refractivity contribution in [3.05, 3.63) is 71.6 Å². The minimum absolute atomic E-state index is 0. The molecule has 0 aliphatic heterocycles. The summed E-state index contributed by atoms with van der Waals surface area (Å²) in [5.74, 6) is 0.897. The fraction of sp³-hybridized carbons (Fsp3) is 0.136. The van der Waals surface area contributed by atoms with Crippen molar-refractivity contribution in [3.63, 3.8) is 0 Å². The van der Waals surface area contributed by atoms with E-state index < -0.39 is 0 Å². The molecule has 0 atom stereocenters. The molecule has 1 radical (unpaired) electrons. The second-order valence-electron chi connectivity index (χ2n) is 6.60. The van der Waals surface area contributed by atoms with Gasteiger partial charge >= 0.3 is 0 Å². The molecule has 3 nitrogen and oxygen atoms in total. The first-order valence-electron chi connectivity index (χ1n) is 8.41. The second kappa shape index (κ2) is 6.08. The van der Waals surface area contributed by atoms with Crippen molar-refractivity contribution in [1.82, 2.24) is 9.38 Å². The minimum atomic E-state index is 0. The average Bonchev–Trinajstić information content (AvgIpc) is 3.19. The maximum absolute atomic E-state index is 6.10. The predicted molar refractivity (Wildman–Crippen MR) is 101 cm³/mol. The van der Waals surface area contributed by atoms with Crippen LogP contribution in [0.2, 0.25) is 0 Å². The molecule has 4 heteroatoms. The number of nitrogens with zero attached hydrogens (tertiary/aromatic N) is 2. The number of imidazole rings is 1. The summed E-state index contributed by atoms with van der Waals surface area (Å²) in [6.07, 6.45) is 1.95. The van der Waals surface area contributed by atoms with Crippen molar-refractivity contribution in [3.8, 4) is 11.3 Å². The van der Waals surface area contributed by atoms with Crippen LogP contribution in [0.15, 0.2) is 53.1 Å².